The van der Waals surface area contributed by atoms with Crippen molar-refractivity contribution >= 4 is 35.0 Å². The van der Waals surface area contributed by atoms with Gasteiger partial charge in [-0.15, -0.1) is 0 Å². The van der Waals surface area contributed by atoms with Crippen LogP contribution in [0.5, 0.6) is 5.75 Å². The van der Waals surface area contributed by atoms with Crippen LogP contribution in [0.4, 0.5) is 10.5 Å². The second-order valence-electron chi connectivity index (χ2n) is 10.5. The van der Waals surface area contributed by atoms with E-state index in [0.717, 1.165) is 30.1 Å². The first kappa shape index (κ1) is 30.2. The van der Waals surface area contributed by atoms with Crippen LogP contribution >= 0.6 is 23.2 Å². The number of amides is 1. The lowest BCUT2D eigenvalue weighted by atomic mass is 10.1. The highest BCUT2D eigenvalue weighted by molar-refractivity contribution is 6.35. The fourth-order valence-electron chi connectivity index (χ4n) is 5.19. The van der Waals surface area contributed by atoms with E-state index in [9.17, 15) is 4.79 Å². The minimum absolute atomic E-state index is 0.238. The van der Waals surface area contributed by atoms with E-state index in [-0.39, 0.29) is 25.9 Å². The standard InChI is InChI=1S/C31H32Cl2N6O5/c32-24-6-11-28(29(33)16-24)31(20-39-22-34-21-35-39)43-19-27(44-31)18-41-26-9-7-25(8-10-26)37-12-14-38(15-13-37)36-30(40)42-17-23-4-2-1-3-5-23/h1-11,16,21-22,27H,12-15,17-20H2,(H,36,40)/t27-,31-/m1/s1. The van der Waals surface area contributed by atoms with E-state index in [1.54, 1.807) is 29.2 Å². The van der Waals surface area contributed by atoms with Gasteiger partial charge in [0.1, 0.15) is 44.3 Å². The summed E-state index contributed by atoms with van der Waals surface area (Å²) in [5.41, 5.74) is 5.51. The van der Waals surface area contributed by atoms with Crippen LogP contribution in [0.1, 0.15) is 11.1 Å². The van der Waals surface area contributed by atoms with Crippen molar-refractivity contribution in [2.75, 3.05) is 44.3 Å². The molecule has 0 saturated carbocycles. The van der Waals surface area contributed by atoms with Gasteiger partial charge in [0.2, 0.25) is 5.79 Å². The van der Waals surface area contributed by atoms with Crippen molar-refractivity contribution in [1.29, 1.82) is 0 Å². The predicted octanol–water partition coefficient (Wildman–Crippen LogP) is 4.90. The molecule has 1 N–H and O–H groups in total. The first-order chi connectivity index (χ1) is 21.5. The minimum Gasteiger partial charge on any atom is -0.491 e. The molecule has 6 rings (SSSR count). The summed E-state index contributed by atoms with van der Waals surface area (Å²) in [6.45, 7) is 3.95. The summed E-state index contributed by atoms with van der Waals surface area (Å²) < 4.78 is 25.7. The summed E-state index contributed by atoms with van der Waals surface area (Å²) in [6.07, 6.45) is 2.26. The number of carbonyl (C=O) groups excluding carboxylic acids is 1. The molecular weight excluding hydrogens is 607 g/mol. The molecule has 0 bridgehead atoms. The number of nitrogens with zero attached hydrogens (tertiary/aromatic N) is 5. The molecule has 1 aromatic heterocycles. The second-order valence-corrected chi connectivity index (χ2v) is 11.3. The van der Waals surface area contributed by atoms with Crippen molar-refractivity contribution in [3.8, 4) is 5.75 Å². The molecule has 0 unspecified atom stereocenters. The smallest absolute Gasteiger partial charge is 0.422 e. The number of rotatable bonds is 10. The Bertz CT molecular complexity index is 1520. The molecule has 2 saturated heterocycles. The Labute approximate surface area is 265 Å². The summed E-state index contributed by atoms with van der Waals surface area (Å²) in [6, 6.07) is 22.8. The van der Waals surface area contributed by atoms with E-state index in [2.05, 4.69) is 20.4 Å². The van der Waals surface area contributed by atoms with Crippen molar-refractivity contribution in [3.05, 3.63) is 107 Å². The highest BCUT2D eigenvalue weighted by Crippen LogP contribution is 2.40. The summed E-state index contributed by atoms with van der Waals surface area (Å²) in [5.74, 6) is -0.444. The maximum atomic E-state index is 12.2. The van der Waals surface area contributed by atoms with E-state index in [0.29, 0.717) is 35.3 Å². The van der Waals surface area contributed by atoms with Crippen molar-refractivity contribution in [1.82, 2.24) is 25.2 Å². The normalized spacial score (nSPS) is 20.4. The molecule has 2 atom stereocenters. The van der Waals surface area contributed by atoms with E-state index in [1.165, 1.54) is 6.33 Å². The van der Waals surface area contributed by atoms with Gasteiger partial charge >= 0.3 is 6.09 Å². The van der Waals surface area contributed by atoms with Crippen molar-refractivity contribution in [2.45, 2.75) is 25.0 Å². The third-order valence-electron chi connectivity index (χ3n) is 7.42. The van der Waals surface area contributed by atoms with E-state index >= 15 is 0 Å². The number of aromatic nitrogens is 3. The molecule has 1 amide bonds. The molecule has 3 heterocycles. The van der Waals surface area contributed by atoms with Gasteiger partial charge in [-0.2, -0.15) is 5.10 Å². The molecule has 0 aliphatic carbocycles. The Hall–Kier alpha value is -3.87. The summed E-state index contributed by atoms with van der Waals surface area (Å²) in [5, 5.41) is 7.05. The number of halogens is 2. The zero-order valence-electron chi connectivity index (χ0n) is 23.9. The number of nitrogens with one attached hydrogen (secondary N) is 1. The lowest BCUT2D eigenvalue weighted by Gasteiger charge is -2.35. The SMILES string of the molecule is O=C(NN1CCN(c2ccc(OC[C@@H]3CO[C@@](Cn4cncn4)(c4ccc(Cl)cc4Cl)O3)cc2)CC1)OCc1ccccc1. The van der Waals surface area contributed by atoms with Crippen molar-refractivity contribution in [3.63, 3.8) is 0 Å². The number of hydrazine groups is 1. The van der Waals surface area contributed by atoms with Gasteiger partial charge in [0, 0.05) is 42.5 Å². The number of carbonyl (C=O) groups is 1. The molecule has 44 heavy (non-hydrogen) atoms. The Morgan fingerprint density at radius 1 is 1.02 bits per heavy atom. The third kappa shape index (κ3) is 7.43. The Morgan fingerprint density at radius 3 is 2.55 bits per heavy atom. The van der Waals surface area contributed by atoms with Crippen LogP contribution in [0, 0.1) is 0 Å². The fraction of sp³-hybridized carbons (Fsp3) is 0.323. The quantitative estimate of drug-likeness (QED) is 0.260. The maximum Gasteiger partial charge on any atom is 0.422 e. The van der Waals surface area contributed by atoms with E-state index in [4.69, 9.17) is 42.1 Å². The van der Waals surface area contributed by atoms with Gasteiger partial charge in [0.25, 0.3) is 0 Å². The Balaban J connectivity index is 0.981. The molecule has 2 aliphatic heterocycles. The molecule has 2 aliphatic rings. The van der Waals surface area contributed by atoms with Crippen LogP contribution in [-0.2, 0) is 33.1 Å². The van der Waals surface area contributed by atoms with Gasteiger partial charge in [-0.05, 0) is 42.0 Å². The average molecular weight is 640 g/mol. The molecular formula is C31H32Cl2N6O5. The predicted molar refractivity (Wildman–Crippen MR) is 164 cm³/mol. The fourth-order valence-corrected chi connectivity index (χ4v) is 5.74. The van der Waals surface area contributed by atoms with Crippen LogP contribution < -0.4 is 15.1 Å². The maximum absolute atomic E-state index is 12.2. The number of piperazine rings is 1. The number of hydrogen-bond acceptors (Lipinski definition) is 9. The molecule has 11 nitrogen and oxygen atoms in total. The number of anilines is 1. The van der Waals surface area contributed by atoms with Crippen LogP contribution in [-0.4, -0.2) is 71.4 Å². The topological polar surface area (TPSA) is 103 Å². The van der Waals surface area contributed by atoms with Crippen LogP contribution in [0.25, 0.3) is 0 Å². The molecule has 230 valence electrons. The van der Waals surface area contributed by atoms with E-state index < -0.39 is 11.9 Å². The summed E-state index contributed by atoms with van der Waals surface area (Å²) in [4.78, 5) is 18.5. The minimum atomic E-state index is -1.16. The molecule has 13 heteroatoms. The number of benzene rings is 3. The molecule has 2 fully saturated rings. The zero-order valence-corrected chi connectivity index (χ0v) is 25.4. The average Bonchev–Trinajstić information content (AvgIpc) is 3.71. The Kier molecular flexibility index (Phi) is 9.48. The highest BCUT2D eigenvalue weighted by atomic mass is 35.5. The first-order valence-electron chi connectivity index (χ1n) is 14.3. The zero-order chi connectivity index (χ0) is 30.4. The highest BCUT2D eigenvalue weighted by Gasteiger charge is 2.45. The van der Waals surface area contributed by atoms with Gasteiger partial charge in [0.05, 0.1) is 11.6 Å². The number of ether oxygens (including phenoxy) is 4. The lowest BCUT2D eigenvalue weighted by Crippen LogP contribution is -2.53. The first-order valence-corrected chi connectivity index (χ1v) is 15.0. The van der Waals surface area contributed by atoms with Gasteiger partial charge < -0.3 is 23.8 Å². The van der Waals surface area contributed by atoms with E-state index in [1.807, 2.05) is 59.6 Å². The van der Waals surface area contributed by atoms with Crippen molar-refractivity contribution in [2.24, 2.45) is 0 Å². The van der Waals surface area contributed by atoms with Gasteiger partial charge in [-0.1, -0.05) is 59.6 Å². The second kappa shape index (κ2) is 13.8. The molecule has 4 aromatic rings. The van der Waals surface area contributed by atoms with Crippen LogP contribution in [0.3, 0.4) is 0 Å². The lowest BCUT2D eigenvalue weighted by molar-refractivity contribution is -0.190. The van der Waals surface area contributed by atoms with Gasteiger partial charge in [0.15, 0.2) is 0 Å². The molecule has 0 radical (unpaired) electrons. The van der Waals surface area contributed by atoms with Crippen LogP contribution in [0.15, 0.2) is 85.5 Å². The van der Waals surface area contributed by atoms with Gasteiger partial charge in [-0.3, -0.25) is 5.43 Å². The largest absolute Gasteiger partial charge is 0.491 e. The van der Waals surface area contributed by atoms with Crippen LogP contribution in [0.2, 0.25) is 10.0 Å². The molecule has 3 aromatic carbocycles. The third-order valence-corrected chi connectivity index (χ3v) is 7.97. The Morgan fingerprint density at radius 2 is 1.82 bits per heavy atom. The monoisotopic (exact) mass is 638 g/mol. The van der Waals surface area contributed by atoms with Crippen molar-refractivity contribution < 1.29 is 23.7 Å². The summed E-state index contributed by atoms with van der Waals surface area (Å²) >= 11 is 12.7. The number of hydrogen-bond donors (Lipinski definition) is 1. The molecule has 0 spiro atoms. The summed E-state index contributed by atoms with van der Waals surface area (Å²) in [7, 11) is 0. The van der Waals surface area contributed by atoms with Gasteiger partial charge in [-0.25, -0.2) is 19.5 Å².